The lowest BCUT2D eigenvalue weighted by Crippen LogP contribution is -2.14. The molecule has 0 radical (unpaired) electrons. The summed E-state index contributed by atoms with van der Waals surface area (Å²) in [7, 11) is 0. The van der Waals surface area contributed by atoms with E-state index in [0.29, 0.717) is 0 Å². The second-order valence-corrected chi connectivity index (χ2v) is 7.46. The molecule has 1 heteroatoms. The SMILES string of the molecule is CCCCCCCCCCCCC/C=C/CC(N)/C=C/c1ccccc1. The molecule has 1 rings (SSSR count). The molecule has 26 heavy (non-hydrogen) atoms. The summed E-state index contributed by atoms with van der Waals surface area (Å²) < 4.78 is 0. The molecule has 0 heterocycles. The van der Waals surface area contributed by atoms with E-state index < -0.39 is 0 Å². The molecule has 0 aliphatic heterocycles. The first kappa shape index (κ1) is 22.7. The normalized spacial score (nSPS) is 13.0. The summed E-state index contributed by atoms with van der Waals surface area (Å²) in [5, 5.41) is 0. The van der Waals surface area contributed by atoms with Gasteiger partial charge in [-0.15, -0.1) is 0 Å². The molecule has 2 N–H and O–H groups in total. The van der Waals surface area contributed by atoms with Crippen molar-refractivity contribution in [2.75, 3.05) is 0 Å². The molecule has 146 valence electrons. The van der Waals surface area contributed by atoms with Gasteiger partial charge in [-0.25, -0.2) is 0 Å². The fraction of sp³-hybridized carbons (Fsp3) is 0.600. The zero-order valence-electron chi connectivity index (χ0n) is 17.0. The third kappa shape index (κ3) is 13.9. The van der Waals surface area contributed by atoms with E-state index in [1.165, 1.54) is 82.6 Å². The fourth-order valence-electron chi connectivity index (χ4n) is 3.18. The van der Waals surface area contributed by atoms with E-state index in [2.05, 4.69) is 55.5 Å². The van der Waals surface area contributed by atoms with Crippen LogP contribution in [0.4, 0.5) is 0 Å². The Kier molecular flexibility index (Phi) is 14.9. The van der Waals surface area contributed by atoms with E-state index in [1.807, 2.05) is 6.07 Å². The van der Waals surface area contributed by atoms with Crippen LogP contribution in [0.25, 0.3) is 6.08 Å². The van der Waals surface area contributed by atoms with Crippen molar-refractivity contribution in [2.45, 2.75) is 96.4 Å². The van der Waals surface area contributed by atoms with E-state index in [4.69, 9.17) is 5.73 Å². The van der Waals surface area contributed by atoms with Crippen molar-refractivity contribution < 1.29 is 0 Å². The Hall–Kier alpha value is -1.34. The van der Waals surface area contributed by atoms with Crippen LogP contribution in [0.1, 0.15) is 96.0 Å². The van der Waals surface area contributed by atoms with E-state index in [-0.39, 0.29) is 6.04 Å². The number of rotatable bonds is 16. The van der Waals surface area contributed by atoms with Crippen molar-refractivity contribution in [2.24, 2.45) is 5.73 Å². The number of nitrogens with two attached hydrogens (primary N) is 1. The van der Waals surface area contributed by atoms with Crippen LogP contribution in [-0.2, 0) is 0 Å². The third-order valence-electron chi connectivity index (χ3n) is 4.88. The maximum Gasteiger partial charge on any atom is 0.0262 e. The zero-order chi connectivity index (χ0) is 18.7. The van der Waals surface area contributed by atoms with Gasteiger partial charge in [0.2, 0.25) is 0 Å². The van der Waals surface area contributed by atoms with Crippen molar-refractivity contribution in [1.29, 1.82) is 0 Å². The maximum atomic E-state index is 6.13. The predicted octanol–water partition coefficient (Wildman–Crippen LogP) is 7.67. The van der Waals surface area contributed by atoms with Gasteiger partial charge in [-0.3, -0.25) is 0 Å². The van der Waals surface area contributed by atoms with Crippen molar-refractivity contribution >= 4 is 6.08 Å². The molecule has 0 aliphatic rings. The highest BCUT2D eigenvalue weighted by Gasteiger charge is 1.94. The van der Waals surface area contributed by atoms with Gasteiger partial charge in [-0.05, 0) is 24.8 Å². The molecule has 0 saturated heterocycles. The average Bonchev–Trinajstić information content (AvgIpc) is 2.67. The van der Waals surface area contributed by atoms with Crippen LogP contribution in [0.15, 0.2) is 48.6 Å². The quantitative estimate of drug-likeness (QED) is 0.239. The van der Waals surface area contributed by atoms with Crippen LogP contribution < -0.4 is 5.73 Å². The lowest BCUT2D eigenvalue weighted by molar-refractivity contribution is 0.550. The molecular formula is C25H41N. The summed E-state index contributed by atoms with van der Waals surface area (Å²) in [6.45, 7) is 2.28. The van der Waals surface area contributed by atoms with Gasteiger partial charge in [0, 0.05) is 6.04 Å². The highest BCUT2D eigenvalue weighted by molar-refractivity contribution is 5.49. The Morgan fingerprint density at radius 1 is 0.769 bits per heavy atom. The molecular weight excluding hydrogens is 314 g/mol. The monoisotopic (exact) mass is 355 g/mol. The van der Waals surface area contributed by atoms with E-state index in [1.54, 1.807) is 0 Å². The van der Waals surface area contributed by atoms with Gasteiger partial charge >= 0.3 is 0 Å². The molecule has 0 spiro atoms. The molecule has 0 fully saturated rings. The van der Waals surface area contributed by atoms with Gasteiger partial charge in [-0.2, -0.15) is 0 Å². The van der Waals surface area contributed by atoms with Gasteiger partial charge in [0.1, 0.15) is 0 Å². The van der Waals surface area contributed by atoms with Crippen molar-refractivity contribution in [3.8, 4) is 0 Å². The molecule has 0 amide bonds. The Morgan fingerprint density at radius 3 is 1.96 bits per heavy atom. The minimum absolute atomic E-state index is 0.115. The van der Waals surface area contributed by atoms with Gasteiger partial charge in [0.25, 0.3) is 0 Å². The van der Waals surface area contributed by atoms with Crippen LogP contribution in [0, 0.1) is 0 Å². The molecule has 1 aromatic carbocycles. The Labute approximate surface area is 162 Å². The van der Waals surface area contributed by atoms with Crippen molar-refractivity contribution in [3.05, 3.63) is 54.1 Å². The molecule has 0 aromatic heterocycles. The largest absolute Gasteiger partial charge is 0.324 e. The highest BCUT2D eigenvalue weighted by Crippen LogP contribution is 2.12. The van der Waals surface area contributed by atoms with Gasteiger partial charge in [0.15, 0.2) is 0 Å². The smallest absolute Gasteiger partial charge is 0.0262 e. The van der Waals surface area contributed by atoms with Crippen LogP contribution in [-0.4, -0.2) is 6.04 Å². The summed E-state index contributed by atoms with van der Waals surface area (Å²) in [6.07, 6.45) is 26.4. The molecule has 1 nitrogen and oxygen atoms in total. The minimum atomic E-state index is 0.115. The number of hydrogen-bond donors (Lipinski definition) is 1. The summed E-state index contributed by atoms with van der Waals surface area (Å²) in [6, 6.07) is 10.5. The highest BCUT2D eigenvalue weighted by atomic mass is 14.6. The van der Waals surface area contributed by atoms with Crippen molar-refractivity contribution in [1.82, 2.24) is 0 Å². The van der Waals surface area contributed by atoms with Gasteiger partial charge in [0.05, 0.1) is 0 Å². The number of unbranched alkanes of at least 4 members (excludes halogenated alkanes) is 11. The Balaban J connectivity index is 1.89. The predicted molar refractivity (Wildman–Crippen MR) is 118 cm³/mol. The zero-order valence-corrected chi connectivity index (χ0v) is 17.0. The first-order valence-electron chi connectivity index (χ1n) is 11.0. The first-order chi connectivity index (χ1) is 12.8. The molecule has 0 saturated carbocycles. The standard InChI is InChI=1S/C25H41N/c1-2-3-4-5-6-7-8-9-10-11-12-13-14-18-21-25(26)23-22-24-19-16-15-17-20-24/h14-20,22-23,25H,2-13,21,26H2,1H3/b18-14+,23-22+. The maximum absolute atomic E-state index is 6.13. The third-order valence-corrected chi connectivity index (χ3v) is 4.88. The molecule has 1 atom stereocenters. The van der Waals surface area contributed by atoms with E-state index in [0.717, 1.165) is 6.42 Å². The van der Waals surface area contributed by atoms with Crippen molar-refractivity contribution in [3.63, 3.8) is 0 Å². The molecule has 1 unspecified atom stereocenters. The van der Waals surface area contributed by atoms with E-state index >= 15 is 0 Å². The molecule has 0 aliphatic carbocycles. The Bertz CT molecular complexity index is 460. The molecule has 0 bridgehead atoms. The Morgan fingerprint density at radius 2 is 1.35 bits per heavy atom. The molecule has 1 aromatic rings. The fourth-order valence-corrected chi connectivity index (χ4v) is 3.18. The second-order valence-electron chi connectivity index (χ2n) is 7.46. The van der Waals surface area contributed by atoms with E-state index in [9.17, 15) is 0 Å². The van der Waals surface area contributed by atoms with Crippen LogP contribution in [0.2, 0.25) is 0 Å². The van der Waals surface area contributed by atoms with Crippen LogP contribution in [0.5, 0.6) is 0 Å². The number of benzene rings is 1. The van der Waals surface area contributed by atoms with Crippen LogP contribution >= 0.6 is 0 Å². The van der Waals surface area contributed by atoms with Gasteiger partial charge in [-0.1, -0.05) is 126 Å². The van der Waals surface area contributed by atoms with Crippen LogP contribution in [0.3, 0.4) is 0 Å². The summed E-state index contributed by atoms with van der Waals surface area (Å²) in [4.78, 5) is 0. The summed E-state index contributed by atoms with van der Waals surface area (Å²) in [5.41, 5.74) is 7.35. The minimum Gasteiger partial charge on any atom is -0.324 e. The number of allylic oxidation sites excluding steroid dienone is 1. The number of hydrogen-bond acceptors (Lipinski definition) is 1. The first-order valence-corrected chi connectivity index (χ1v) is 11.0. The summed E-state index contributed by atoms with van der Waals surface area (Å²) >= 11 is 0. The topological polar surface area (TPSA) is 26.0 Å². The second kappa shape index (κ2) is 17.1. The lowest BCUT2D eigenvalue weighted by atomic mass is 10.1. The summed E-state index contributed by atoms with van der Waals surface area (Å²) in [5.74, 6) is 0. The lowest BCUT2D eigenvalue weighted by Gasteiger charge is -2.03. The average molecular weight is 356 g/mol. The van der Waals surface area contributed by atoms with Gasteiger partial charge < -0.3 is 5.73 Å².